The molecule has 29 heavy (non-hydrogen) atoms. The fraction of sp³-hybridized carbons (Fsp3) is 0.375. The maximum absolute atomic E-state index is 4.93. The summed E-state index contributed by atoms with van der Waals surface area (Å²) in [6, 6.07) is 12.7. The molecule has 2 aromatic heterocycles. The van der Waals surface area contributed by atoms with Gasteiger partial charge in [0.05, 0.1) is 34.3 Å². The van der Waals surface area contributed by atoms with E-state index in [0.717, 1.165) is 65.9 Å². The number of likely N-dealkylation sites (N-methyl/N-ethyl adjacent to an activating group) is 1. The minimum absolute atomic E-state index is 0.870. The van der Waals surface area contributed by atoms with Gasteiger partial charge in [-0.2, -0.15) is 0 Å². The van der Waals surface area contributed by atoms with Crippen LogP contribution in [0.5, 0.6) is 0 Å². The van der Waals surface area contributed by atoms with Crippen LogP contribution in [0.3, 0.4) is 0 Å². The molecule has 6 rings (SSSR count). The Kier molecular flexibility index (Phi) is 4.76. The minimum Gasteiger partial charge on any atom is -0.370 e. The number of pyridine rings is 2. The normalized spacial score (nSPS) is 20.5. The summed E-state index contributed by atoms with van der Waals surface area (Å²) in [5.41, 5.74) is 7.23. The van der Waals surface area contributed by atoms with E-state index in [1.54, 1.807) is 0 Å². The number of nitrogens with one attached hydrogen (secondary N) is 1. The largest absolute Gasteiger partial charge is 0.370 e. The van der Waals surface area contributed by atoms with E-state index in [1.807, 2.05) is 19.3 Å². The van der Waals surface area contributed by atoms with E-state index in [0.29, 0.717) is 0 Å². The van der Waals surface area contributed by atoms with E-state index in [1.165, 1.54) is 24.1 Å². The van der Waals surface area contributed by atoms with Crippen molar-refractivity contribution in [2.75, 3.05) is 31.6 Å². The Morgan fingerprint density at radius 2 is 1.93 bits per heavy atom. The number of aromatic nitrogens is 2. The van der Waals surface area contributed by atoms with Crippen molar-refractivity contribution in [1.29, 1.82) is 0 Å². The van der Waals surface area contributed by atoms with Crippen LogP contribution in [-0.2, 0) is 6.42 Å². The predicted octanol–water partition coefficient (Wildman–Crippen LogP) is 4.24. The number of nitrogens with zero attached hydrogens (tertiary/aromatic N) is 4. The van der Waals surface area contributed by atoms with Crippen LogP contribution >= 0.6 is 0 Å². The van der Waals surface area contributed by atoms with Crippen molar-refractivity contribution < 1.29 is 0 Å². The monoisotopic (exact) mass is 385 g/mol. The van der Waals surface area contributed by atoms with Gasteiger partial charge in [-0.1, -0.05) is 12.1 Å². The Hall–Kier alpha value is -2.79. The van der Waals surface area contributed by atoms with Gasteiger partial charge in [0.25, 0.3) is 0 Å². The average molecular weight is 386 g/mol. The summed E-state index contributed by atoms with van der Waals surface area (Å²) in [5, 5.41) is 3.19. The Morgan fingerprint density at radius 1 is 1.10 bits per heavy atom. The first-order valence-corrected chi connectivity index (χ1v) is 10.5. The lowest BCUT2D eigenvalue weighted by molar-refractivity contribution is 0.159. The highest BCUT2D eigenvalue weighted by molar-refractivity contribution is 5.81. The Labute approximate surface area is 171 Å². The van der Waals surface area contributed by atoms with Crippen molar-refractivity contribution in [2.45, 2.75) is 19.3 Å². The molecule has 0 amide bonds. The molecule has 2 saturated heterocycles. The second kappa shape index (κ2) is 7.56. The molecule has 5 heteroatoms. The maximum atomic E-state index is 4.93. The maximum Gasteiger partial charge on any atom is 0.0914 e. The van der Waals surface area contributed by atoms with Crippen LogP contribution in [0.15, 0.2) is 47.6 Å². The number of piperidine rings is 2. The van der Waals surface area contributed by atoms with Crippen LogP contribution in [-0.4, -0.2) is 43.4 Å². The number of aliphatic imine (C=N–C) groups is 1. The molecule has 3 aliphatic rings. The average Bonchev–Trinajstić information content (AvgIpc) is 2.76. The van der Waals surface area contributed by atoms with Crippen LogP contribution in [0, 0.1) is 11.8 Å². The molecule has 1 aliphatic carbocycles. The molecule has 2 aliphatic heterocycles. The molecule has 3 aromatic rings. The van der Waals surface area contributed by atoms with Gasteiger partial charge < -0.3 is 10.2 Å². The Balaban J connectivity index is 1.46. The Morgan fingerprint density at radius 3 is 2.69 bits per heavy atom. The van der Waals surface area contributed by atoms with Crippen LogP contribution < -0.4 is 10.2 Å². The third-order valence-electron chi connectivity index (χ3n) is 6.37. The van der Waals surface area contributed by atoms with Crippen LogP contribution in [0.1, 0.15) is 18.4 Å². The molecule has 0 unspecified atom stereocenters. The van der Waals surface area contributed by atoms with E-state index in [9.17, 15) is 0 Å². The standard InChI is InChI=1S/C24H27N5/c1-25-8-7-18-3-4-19(11-23(18)26-2)21-5-6-22-24(28-21)12-20(13-27-22)29-14-16-9-17(10-16)15-29/h3-6,11-13,16-17,25H,2,7-10,14-15H2,1H3. The minimum atomic E-state index is 0.870. The summed E-state index contributed by atoms with van der Waals surface area (Å²) >= 11 is 0. The molecule has 2 bridgehead atoms. The topological polar surface area (TPSA) is 53.4 Å². The quantitative estimate of drug-likeness (QED) is 0.645. The fourth-order valence-corrected chi connectivity index (χ4v) is 4.75. The second-order valence-corrected chi connectivity index (χ2v) is 8.39. The van der Waals surface area contributed by atoms with Gasteiger partial charge in [-0.15, -0.1) is 0 Å². The molecule has 4 heterocycles. The first-order chi connectivity index (χ1) is 14.2. The highest BCUT2D eigenvalue weighted by Crippen LogP contribution is 2.41. The molecule has 0 atom stereocenters. The van der Waals surface area contributed by atoms with Gasteiger partial charge in [-0.25, -0.2) is 4.98 Å². The molecule has 148 valence electrons. The lowest BCUT2D eigenvalue weighted by Crippen LogP contribution is -2.48. The van der Waals surface area contributed by atoms with Crippen LogP contribution in [0.4, 0.5) is 11.4 Å². The number of hydrogen-bond donors (Lipinski definition) is 1. The number of fused-ring (bicyclic) bond motifs is 3. The van der Waals surface area contributed by atoms with Crippen molar-refractivity contribution in [3.05, 3.63) is 48.2 Å². The molecule has 1 saturated carbocycles. The van der Waals surface area contributed by atoms with Gasteiger partial charge in [-0.05, 0) is 81.2 Å². The molecule has 5 nitrogen and oxygen atoms in total. The van der Waals surface area contributed by atoms with Crippen molar-refractivity contribution in [3.8, 4) is 11.3 Å². The molecule has 0 radical (unpaired) electrons. The second-order valence-electron chi connectivity index (χ2n) is 8.39. The van der Waals surface area contributed by atoms with Crippen molar-refractivity contribution in [1.82, 2.24) is 15.3 Å². The highest BCUT2D eigenvalue weighted by Gasteiger charge is 2.37. The predicted molar refractivity (Wildman–Crippen MR) is 120 cm³/mol. The molecular weight excluding hydrogens is 358 g/mol. The lowest BCUT2D eigenvalue weighted by Gasteiger charge is -2.48. The first-order valence-electron chi connectivity index (χ1n) is 10.5. The molecular formula is C24H27N5. The fourth-order valence-electron chi connectivity index (χ4n) is 4.75. The number of rotatable bonds is 6. The summed E-state index contributed by atoms with van der Waals surface area (Å²) in [6.45, 7) is 6.99. The van der Waals surface area contributed by atoms with Crippen molar-refractivity contribution in [3.63, 3.8) is 0 Å². The van der Waals surface area contributed by atoms with Gasteiger partial charge in [0.2, 0.25) is 0 Å². The zero-order valence-corrected chi connectivity index (χ0v) is 16.9. The van der Waals surface area contributed by atoms with Gasteiger partial charge in [0.1, 0.15) is 0 Å². The molecule has 1 N–H and O–H groups in total. The highest BCUT2D eigenvalue weighted by atomic mass is 15.2. The third-order valence-corrected chi connectivity index (χ3v) is 6.37. The Bertz CT molecular complexity index is 1040. The van der Waals surface area contributed by atoms with E-state index in [-0.39, 0.29) is 0 Å². The van der Waals surface area contributed by atoms with Gasteiger partial charge in [0, 0.05) is 18.7 Å². The van der Waals surface area contributed by atoms with Gasteiger partial charge in [0.15, 0.2) is 0 Å². The third kappa shape index (κ3) is 3.51. The SMILES string of the molecule is C=Nc1cc(-c2ccc3ncc(N4CC5CC(C5)C4)cc3n2)ccc1CCNC. The smallest absolute Gasteiger partial charge is 0.0914 e. The molecule has 1 aromatic carbocycles. The number of hydrogen-bond acceptors (Lipinski definition) is 5. The van der Waals surface area contributed by atoms with E-state index < -0.39 is 0 Å². The zero-order chi connectivity index (χ0) is 19.8. The van der Waals surface area contributed by atoms with E-state index >= 15 is 0 Å². The summed E-state index contributed by atoms with van der Waals surface area (Å²) in [6.07, 6.45) is 5.75. The van der Waals surface area contributed by atoms with Crippen LogP contribution in [0.2, 0.25) is 0 Å². The first kappa shape index (κ1) is 18.3. The van der Waals surface area contributed by atoms with Crippen LogP contribution in [0.25, 0.3) is 22.3 Å². The van der Waals surface area contributed by atoms with Crippen molar-refractivity contribution >= 4 is 29.1 Å². The van der Waals surface area contributed by atoms with E-state index in [4.69, 9.17) is 4.98 Å². The summed E-state index contributed by atoms with van der Waals surface area (Å²) in [5.74, 6) is 1.74. The summed E-state index contributed by atoms with van der Waals surface area (Å²) in [4.78, 5) is 16.3. The summed E-state index contributed by atoms with van der Waals surface area (Å²) < 4.78 is 0. The van der Waals surface area contributed by atoms with Crippen molar-refractivity contribution in [2.24, 2.45) is 16.8 Å². The number of anilines is 1. The van der Waals surface area contributed by atoms with E-state index in [2.05, 4.69) is 57.2 Å². The zero-order valence-electron chi connectivity index (χ0n) is 16.9. The molecule has 0 spiro atoms. The number of benzene rings is 1. The summed E-state index contributed by atoms with van der Waals surface area (Å²) in [7, 11) is 1.96. The van der Waals surface area contributed by atoms with Gasteiger partial charge in [-0.3, -0.25) is 9.98 Å². The molecule has 3 fully saturated rings. The lowest BCUT2D eigenvalue weighted by atomic mass is 9.71. The van der Waals surface area contributed by atoms with Gasteiger partial charge >= 0.3 is 0 Å².